The fourth-order valence-corrected chi connectivity index (χ4v) is 2.68. The highest BCUT2D eigenvalue weighted by molar-refractivity contribution is 5.69. The first kappa shape index (κ1) is 14.1. The maximum atomic E-state index is 11.6. The summed E-state index contributed by atoms with van der Waals surface area (Å²) >= 11 is 0. The Balaban J connectivity index is 1.89. The number of aliphatic carboxylic acids is 1. The summed E-state index contributed by atoms with van der Waals surface area (Å²) in [5, 5.41) is 12.4. The second kappa shape index (κ2) is 6.23. The summed E-state index contributed by atoms with van der Waals surface area (Å²) in [6.07, 6.45) is 3.10. The number of nitrogens with zero attached hydrogens (tertiary/aromatic N) is 1. The first-order chi connectivity index (χ1) is 9.08. The molecule has 0 spiro atoms. The van der Waals surface area contributed by atoms with Crippen molar-refractivity contribution in [2.75, 3.05) is 26.7 Å². The minimum absolute atomic E-state index is 0.00190. The molecule has 2 atom stereocenters. The van der Waals surface area contributed by atoms with Gasteiger partial charge in [-0.2, -0.15) is 0 Å². The van der Waals surface area contributed by atoms with E-state index in [-0.39, 0.29) is 24.5 Å². The molecule has 1 saturated carbocycles. The van der Waals surface area contributed by atoms with Crippen LogP contribution in [0.2, 0.25) is 0 Å². The van der Waals surface area contributed by atoms with Crippen molar-refractivity contribution < 1.29 is 19.4 Å². The van der Waals surface area contributed by atoms with Gasteiger partial charge >= 0.3 is 12.1 Å². The number of methoxy groups -OCH3 is 1. The normalized spacial score (nSPS) is 27.1. The molecule has 19 heavy (non-hydrogen) atoms. The Kier molecular flexibility index (Phi) is 4.63. The van der Waals surface area contributed by atoms with Crippen LogP contribution in [-0.2, 0) is 9.53 Å². The molecule has 1 aliphatic carbocycles. The van der Waals surface area contributed by atoms with Gasteiger partial charge in [-0.1, -0.05) is 0 Å². The molecule has 0 bridgehead atoms. The van der Waals surface area contributed by atoms with E-state index in [1.807, 2.05) is 0 Å². The first-order valence-corrected chi connectivity index (χ1v) is 6.86. The SMILES string of the molecule is COC(=O)N1CC(CC(=O)O)CC(NCC2CC2)C1. The third kappa shape index (κ3) is 4.38. The zero-order valence-electron chi connectivity index (χ0n) is 11.3. The number of carbonyl (C=O) groups is 2. The molecule has 108 valence electrons. The van der Waals surface area contributed by atoms with Crippen LogP contribution in [0.5, 0.6) is 0 Å². The minimum atomic E-state index is -0.808. The lowest BCUT2D eigenvalue weighted by Gasteiger charge is -2.37. The Morgan fingerprint density at radius 2 is 2.05 bits per heavy atom. The summed E-state index contributed by atoms with van der Waals surface area (Å²) < 4.78 is 4.74. The van der Waals surface area contributed by atoms with Gasteiger partial charge in [-0.15, -0.1) is 0 Å². The van der Waals surface area contributed by atoms with Crippen molar-refractivity contribution in [2.45, 2.75) is 31.7 Å². The maximum Gasteiger partial charge on any atom is 0.409 e. The number of rotatable bonds is 5. The molecule has 2 N–H and O–H groups in total. The molecule has 0 aromatic heterocycles. The number of carboxylic acid groups (broad SMARTS) is 1. The van der Waals surface area contributed by atoms with Crippen molar-refractivity contribution in [3.63, 3.8) is 0 Å². The molecule has 2 rings (SSSR count). The Morgan fingerprint density at radius 1 is 1.32 bits per heavy atom. The number of piperidine rings is 1. The highest BCUT2D eigenvalue weighted by Crippen LogP contribution is 2.28. The molecular formula is C13H22N2O4. The lowest BCUT2D eigenvalue weighted by molar-refractivity contribution is -0.138. The van der Waals surface area contributed by atoms with Gasteiger partial charge in [0.15, 0.2) is 0 Å². The van der Waals surface area contributed by atoms with E-state index in [1.54, 1.807) is 4.90 Å². The molecule has 2 unspecified atom stereocenters. The van der Waals surface area contributed by atoms with Gasteiger partial charge in [0.2, 0.25) is 0 Å². The summed E-state index contributed by atoms with van der Waals surface area (Å²) in [5.74, 6) is -0.0360. The predicted molar refractivity (Wildman–Crippen MR) is 68.9 cm³/mol. The number of amides is 1. The Labute approximate surface area is 113 Å². The Hall–Kier alpha value is -1.30. The number of carboxylic acids is 1. The van der Waals surface area contributed by atoms with Crippen LogP contribution < -0.4 is 5.32 Å². The van der Waals surface area contributed by atoms with Gasteiger partial charge in [-0.3, -0.25) is 4.79 Å². The van der Waals surface area contributed by atoms with Gasteiger partial charge in [-0.05, 0) is 37.6 Å². The molecule has 1 saturated heterocycles. The molecule has 6 nitrogen and oxygen atoms in total. The summed E-state index contributed by atoms with van der Waals surface area (Å²) in [4.78, 5) is 24.1. The van der Waals surface area contributed by atoms with Crippen molar-refractivity contribution in [2.24, 2.45) is 11.8 Å². The van der Waals surface area contributed by atoms with E-state index in [0.29, 0.717) is 13.1 Å². The van der Waals surface area contributed by atoms with E-state index in [2.05, 4.69) is 5.32 Å². The number of carbonyl (C=O) groups excluding carboxylic acids is 1. The minimum Gasteiger partial charge on any atom is -0.481 e. The lowest BCUT2D eigenvalue weighted by atomic mass is 9.91. The molecular weight excluding hydrogens is 248 g/mol. The lowest BCUT2D eigenvalue weighted by Crippen LogP contribution is -2.52. The van der Waals surface area contributed by atoms with Crippen LogP contribution in [0.3, 0.4) is 0 Å². The molecule has 1 aliphatic heterocycles. The number of hydrogen-bond donors (Lipinski definition) is 2. The van der Waals surface area contributed by atoms with Crippen molar-refractivity contribution in [3.05, 3.63) is 0 Å². The summed E-state index contributed by atoms with van der Waals surface area (Å²) in [7, 11) is 1.36. The molecule has 2 aliphatic rings. The van der Waals surface area contributed by atoms with Crippen molar-refractivity contribution in [1.29, 1.82) is 0 Å². The topological polar surface area (TPSA) is 78.9 Å². The summed E-state index contributed by atoms with van der Waals surface area (Å²) in [6, 6.07) is 0.179. The monoisotopic (exact) mass is 270 g/mol. The molecule has 1 amide bonds. The van der Waals surface area contributed by atoms with Crippen LogP contribution in [0.15, 0.2) is 0 Å². The van der Waals surface area contributed by atoms with E-state index in [0.717, 1.165) is 18.9 Å². The van der Waals surface area contributed by atoms with Crippen LogP contribution in [0.4, 0.5) is 4.79 Å². The van der Waals surface area contributed by atoms with E-state index in [9.17, 15) is 9.59 Å². The van der Waals surface area contributed by atoms with Gasteiger partial charge < -0.3 is 20.1 Å². The zero-order valence-corrected chi connectivity index (χ0v) is 11.3. The van der Waals surface area contributed by atoms with Gasteiger partial charge in [0.25, 0.3) is 0 Å². The van der Waals surface area contributed by atoms with E-state index < -0.39 is 5.97 Å². The molecule has 6 heteroatoms. The summed E-state index contributed by atoms with van der Waals surface area (Å²) in [5.41, 5.74) is 0. The van der Waals surface area contributed by atoms with Crippen LogP contribution >= 0.6 is 0 Å². The van der Waals surface area contributed by atoms with Gasteiger partial charge in [0, 0.05) is 25.6 Å². The fourth-order valence-electron chi connectivity index (χ4n) is 2.68. The molecule has 2 fully saturated rings. The molecule has 0 aromatic carbocycles. The quantitative estimate of drug-likeness (QED) is 0.776. The van der Waals surface area contributed by atoms with Crippen LogP contribution in [-0.4, -0.2) is 54.9 Å². The van der Waals surface area contributed by atoms with Gasteiger partial charge in [0.05, 0.1) is 7.11 Å². The zero-order chi connectivity index (χ0) is 13.8. The second-order valence-electron chi connectivity index (χ2n) is 5.62. The number of nitrogens with one attached hydrogen (secondary N) is 1. The number of ether oxygens (including phenoxy) is 1. The van der Waals surface area contributed by atoms with Crippen molar-refractivity contribution in [1.82, 2.24) is 10.2 Å². The first-order valence-electron chi connectivity index (χ1n) is 6.86. The smallest absolute Gasteiger partial charge is 0.409 e. The van der Waals surface area contributed by atoms with Crippen molar-refractivity contribution >= 4 is 12.1 Å². The number of hydrogen-bond acceptors (Lipinski definition) is 4. The largest absolute Gasteiger partial charge is 0.481 e. The molecule has 0 aromatic rings. The molecule has 1 heterocycles. The van der Waals surface area contributed by atoms with E-state index in [4.69, 9.17) is 9.84 Å². The van der Waals surface area contributed by atoms with E-state index in [1.165, 1.54) is 20.0 Å². The second-order valence-corrected chi connectivity index (χ2v) is 5.62. The van der Waals surface area contributed by atoms with Crippen LogP contribution in [0.1, 0.15) is 25.7 Å². The van der Waals surface area contributed by atoms with Crippen LogP contribution in [0.25, 0.3) is 0 Å². The third-order valence-corrected chi connectivity index (χ3v) is 3.83. The standard InChI is InChI=1S/C13H22N2O4/c1-19-13(18)15-7-10(5-12(16)17)4-11(8-15)14-6-9-2-3-9/h9-11,14H,2-8H2,1H3,(H,16,17). The number of likely N-dealkylation sites (tertiary alicyclic amines) is 1. The Morgan fingerprint density at radius 3 is 2.63 bits per heavy atom. The van der Waals surface area contributed by atoms with Gasteiger partial charge in [0.1, 0.15) is 0 Å². The van der Waals surface area contributed by atoms with Gasteiger partial charge in [-0.25, -0.2) is 4.79 Å². The average molecular weight is 270 g/mol. The third-order valence-electron chi connectivity index (χ3n) is 3.83. The van der Waals surface area contributed by atoms with E-state index >= 15 is 0 Å². The average Bonchev–Trinajstić information content (AvgIpc) is 3.18. The van der Waals surface area contributed by atoms with Crippen molar-refractivity contribution in [3.8, 4) is 0 Å². The molecule has 0 radical (unpaired) electrons. The predicted octanol–water partition coefficient (Wildman–Crippen LogP) is 0.918. The highest BCUT2D eigenvalue weighted by Gasteiger charge is 2.32. The Bertz CT molecular complexity index is 344. The van der Waals surface area contributed by atoms with Crippen LogP contribution in [0, 0.1) is 11.8 Å². The highest BCUT2D eigenvalue weighted by atomic mass is 16.5. The maximum absolute atomic E-state index is 11.6. The fraction of sp³-hybridized carbons (Fsp3) is 0.846. The summed E-state index contributed by atoms with van der Waals surface area (Å²) in [6.45, 7) is 2.05.